The first-order chi connectivity index (χ1) is 11.6. The SMILES string of the molecule is CC(Oc1ccc(C#N)cn1)C1CNCC1c1ccc(Cl)c(F)c1. The number of nitrogens with zero attached hydrogens (tertiary/aromatic N) is 2. The topological polar surface area (TPSA) is 57.9 Å². The van der Waals surface area contributed by atoms with Crippen LogP contribution in [0.1, 0.15) is 24.0 Å². The lowest BCUT2D eigenvalue weighted by Crippen LogP contribution is -2.29. The molecule has 1 aromatic carbocycles. The lowest BCUT2D eigenvalue weighted by atomic mass is 9.85. The standard InChI is InChI=1S/C18H17ClFN3O/c1-11(24-18-5-2-12(7-21)8-23-18)14-9-22-10-15(14)13-3-4-16(19)17(20)6-13/h2-6,8,11,14-15,22H,9-10H2,1H3. The van der Waals surface area contributed by atoms with Gasteiger partial charge in [-0.1, -0.05) is 17.7 Å². The molecule has 1 aromatic heterocycles. The fourth-order valence-corrected chi connectivity index (χ4v) is 3.21. The molecule has 6 heteroatoms. The molecule has 0 spiro atoms. The number of pyridine rings is 1. The molecule has 1 aliphatic rings. The Kier molecular flexibility index (Phi) is 4.98. The Hall–Kier alpha value is -2.16. The van der Waals surface area contributed by atoms with Crippen molar-refractivity contribution in [3.8, 4) is 11.9 Å². The van der Waals surface area contributed by atoms with Gasteiger partial charge in [-0.05, 0) is 30.7 Å². The maximum atomic E-state index is 13.8. The van der Waals surface area contributed by atoms with Gasteiger partial charge in [0, 0.05) is 37.2 Å². The van der Waals surface area contributed by atoms with Gasteiger partial charge >= 0.3 is 0 Å². The first-order valence-corrected chi connectivity index (χ1v) is 8.14. The number of ether oxygens (including phenoxy) is 1. The summed E-state index contributed by atoms with van der Waals surface area (Å²) < 4.78 is 19.7. The molecule has 3 atom stereocenters. The smallest absolute Gasteiger partial charge is 0.213 e. The predicted octanol–water partition coefficient (Wildman–Crippen LogP) is 3.52. The number of hydrogen-bond acceptors (Lipinski definition) is 4. The maximum Gasteiger partial charge on any atom is 0.213 e. The van der Waals surface area contributed by atoms with Crippen molar-refractivity contribution in [1.82, 2.24) is 10.3 Å². The molecule has 0 aliphatic carbocycles. The minimum absolute atomic E-state index is 0.107. The third kappa shape index (κ3) is 3.50. The zero-order valence-electron chi connectivity index (χ0n) is 13.2. The van der Waals surface area contributed by atoms with E-state index in [0.717, 1.165) is 18.7 Å². The van der Waals surface area contributed by atoms with E-state index in [0.29, 0.717) is 11.4 Å². The van der Waals surface area contributed by atoms with Gasteiger partial charge < -0.3 is 10.1 Å². The third-order valence-corrected chi connectivity index (χ3v) is 4.71. The molecule has 124 valence electrons. The normalized spacial score (nSPS) is 21.2. The molecule has 2 aromatic rings. The average Bonchev–Trinajstić information content (AvgIpc) is 3.08. The minimum atomic E-state index is -0.401. The van der Waals surface area contributed by atoms with Crippen LogP contribution in [0.25, 0.3) is 0 Å². The molecule has 24 heavy (non-hydrogen) atoms. The van der Waals surface area contributed by atoms with Gasteiger partial charge in [-0.3, -0.25) is 0 Å². The Morgan fingerprint density at radius 3 is 2.88 bits per heavy atom. The van der Waals surface area contributed by atoms with Crippen LogP contribution in [-0.2, 0) is 0 Å². The van der Waals surface area contributed by atoms with Gasteiger partial charge in [0.1, 0.15) is 18.0 Å². The minimum Gasteiger partial charge on any atom is -0.474 e. The highest BCUT2D eigenvalue weighted by molar-refractivity contribution is 6.30. The van der Waals surface area contributed by atoms with Crippen LogP contribution >= 0.6 is 11.6 Å². The van der Waals surface area contributed by atoms with Crippen LogP contribution in [0, 0.1) is 23.1 Å². The van der Waals surface area contributed by atoms with E-state index in [1.54, 1.807) is 18.2 Å². The monoisotopic (exact) mass is 345 g/mol. The lowest BCUT2D eigenvalue weighted by Gasteiger charge is -2.25. The van der Waals surface area contributed by atoms with Crippen molar-refractivity contribution in [3.63, 3.8) is 0 Å². The van der Waals surface area contributed by atoms with E-state index in [1.165, 1.54) is 12.3 Å². The van der Waals surface area contributed by atoms with E-state index in [9.17, 15) is 4.39 Å². The molecular weight excluding hydrogens is 329 g/mol. The molecule has 2 heterocycles. The predicted molar refractivity (Wildman–Crippen MR) is 89.6 cm³/mol. The maximum absolute atomic E-state index is 13.8. The van der Waals surface area contributed by atoms with Crippen LogP contribution in [-0.4, -0.2) is 24.2 Å². The molecule has 1 N–H and O–H groups in total. The van der Waals surface area contributed by atoms with Crippen LogP contribution < -0.4 is 10.1 Å². The van der Waals surface area contributed by atoms with E-state index in [-0.39, 0.29) is 23.0 Å². The number of hydrogen-bond donors (Lipinski definition) is 1. The van der Waals surface area contributed by atoms with Crippen LogP contribution in [0.5, 0.6) is 5.88 Å². The van der Waals surface area contributed by atoms with E-state index in [2.05, 4.69) is 10.3 Å². The van der Waals surface area contributed by atoms with Gasteiger partial charge in [-0.2, -0.15) is 5.26 Å². The largest absolute Gasteiger partial charge is 0.474 e. The van der Waals surface area contributed by atoms with Gasteiger partial charge in [0.2, 0.25) is 5.88 Å². The Balaban J connectivity index is 1.74. The van der Waals surface area contributed by atoms with Crippen molar-refractivity contribution in [2.24, 2.45) is 5.92 Å². The molecule has 0 saturated carbocycles. The van der Waals surface area contributed by atoms with E-state index < -0.39 is 5.82 Å². The zero-order chi connectivity index (χ0) is 17.1. The quantitative estimate of drug-likeness (QED) is 0.921. The fraction of sp³-hybridized carbons (Fsp3) is 0.333. The molecule has 1 aliphatic heterocycles. The number of nitrogens with one attached hydrogen (secondary N) is 1. The summed E-state index contributed by atoms with van der Waals surface area (Å²) in [6.07, 6.45) is 1.38. The van der Waals surface area contributed by atoms with Gasteiger partial charge in [0.25, 0.3) is 0 Å². The van der Waals surface area contributed by atoms with Gasteiger partial charge in [-0.15, -0.1) is 0 Å². The number of nitriles is 1. The Morgan fingerprint density at radius 1 is 1.38 bits per heavy atom. The lowest BCUT2D eigenvalue weighted by molar-refractivity contribution is 0.145. The molecule has 4 nitrogen and oxygen atoms in total. The Bertz CT molecular complexity index is 760. The van der Waals surface area contributed by atoms with Crippen molar-refractivity contribution in [2.45, 2.75) is 18.9 Å². The second-order valence-corrected chi connectivity index (χ2v) is 6.33. The van der Waals surface area contributed by atoms with Crippen molar-refractivity contribution < 1.29 is 9.13 Å². The van der Waals surface area contributed by atoms with E-state index in [1.807, 2.05) is 19.1 Å². The van der Waals surface area contributed by atoms with Crippen LogP contribution in [0.4, 0.5) is 4.39 Å². The highest BCUT2D eigenvalue weighted by Gasteiger charge is 2.34. The summed E-state index contributed by atoms with van der Waals surface area (Å²) in [5.41, 5.74) is 1.40. The summed E-state index contributed by atoms with van der Waals surface area (Å²) in [4.78, 5) is 4.14. The number of aromatic nitrogens is 1. The van der Waals surface area contributed by atoms with E-state index in [4.69, 9.17) is 21.6 Å². The summed E-state index contributed by atoms with van der Waals surface area (Å²) in [5.74, 6) is 0.407. The second kappa shape index (κ2) is 7.16. The van der Waals surface area contributed by atoms with Crippen molar-refractivity contribution in [3.05, 3.63) is 58.5 Å². The van der Waals surface area contributed by atoms with Crippen molar-refractivity contribution >= 4 is 11.6 Å². The summed E-state index contributed by atoms with van der Waals surface area (Å²) in [6.45, 7) is 3.53. The molecule has 0 radical (unpaired) electrons. The number of benzene rings is 1. The van der Waals surface area contributed by atoms with Crippen molar-refractivity contribution in [2.75, 3.05) is 13.1 Å². The van der Waals surface area contributed by atoms with Gasteiger partial charge in [0.15, 0.2) is 0 Å². The highest BCUT2D eigenvalue weighted by Crippen LogP contribution is 2.33. The number of halogens is 2. The molecule has 0 bridgehead atoms. The Labute approximate surface area is 145 Å². The summed E-state index contributed by atoms with van der Waals surface area (Å²) in [5, 5.41) is 12.3. The first kappa shape index (κ1) is 16.7. The average molecular weight is 346 g/mol. The molecule has 0 amide bonds. The molecule has 1 saturated heterocycles. The number of rotatable bonds is 4. The molecule has 3 rings (SSSR count). The highest BCUT2D eigenvalue weighted by atomic mass is 35.5. The fourth-order valence-electron chi connectivity index (χ4n) is 3.09. The molecular formula is C18H17ClFN3O. The third-order valence-electron chi connectivity index (χ3n) is 4.41. The summed E-state index contributed by atoms with van der Waals surface area (Å²) in [7, 11) is 0. The molecule has 3 unspecified atom stereocenters. The first-order valence-electron chi connectivity index (χ1n) is 7.77. The summed E-state index contributed by atoms with van der Waals surface area (Å²) >= 11 is 5.77. The molecule has 1 fully saturated rings. The van der Waals surface area contributed by atoms with Crippen LogP contribution in [0.3, 0.4) is 0 Å². The van der Waals surface area contributed by atoms with Gasteiger partial charge in [0.05, 0.1) is 10.6 Å². The van der Waals surface area contributed by atoms with Crippen LogP contribution in [0.15, 0.2) is 36.5 Å². The summed E-state index contributed by atoms with van der Waals surface area (Å²) in [6, 6.07) is 10.3. The van der Waals surface area contributed by atoms with Crippen LogP contribution in [0.2, 0.25) is 5.02 Å². The second-order valence-electron chi connectivity index (χ2n) is 5.92. The van der Waals surface area contributed by atoms with E-state index >= 15 is 0 Å². The zero-order valence-corrected chi connectivity index (χ0v) is 13.9. The van der Waals surface area contributed by atoms with Gasteiger partial charge in [-0.25, -0.2) is 9.37 Å². The Morgan fingerprint density at radius 2 is 2.21 bits per heavy atom. The van der Waals surface area contributed by atoms with Crippen molar-refractivity contribution in [1.29, 1.82) is 5.26 Å².